The van der Waals surface area contributed by atoms with Gasteiger partial charge in [-0.15, -0.1) is 0 Å². The predicted molar refractivity (Wildman–Crippen MR) is 155 cm³/mol. The van der Waals surface area contributed by atoms with E-state index in [1.807, 2.05) is 30.8 Å². The number of imidazole rings is 1. The highest BCUT2D eigenvalue weighted by molar-refractivity contribution is 5.79. The Morgan fingerprint density at radius 3 is 2.51 bits per heavy atom. The maximum Gasteiger partial charge on any atom is 0.332 e. The zero-order chi connectivity index (χ0) is 28.7. The summed E-state index contributed by atoms with van der Waals surface area (Å²) < 4.78 is 12.3. The molecule has 0 N–H and O–H groups in total. The number of rotatable bonds is 9. The van der Waals surface area contributed by atoms with Gasteiger partial charge in [0.05, 0.1) is 23.7 Å². The van der Waals surface area contributed by atoms with Gasteiger partial charge in [0.1, 0.15) is 5.82 Å². The molecule has 7 rings (SSSR count). The van der Waals surface area contributed by atoms with Crippen LogP contribution in [0.4, 0.5) is 0 Å². The number of esters is 1. The normalized spacial score (nSPS) is 20.1. The van der Waals surface area contributed by atoms with Gasteiger partial charge in [0.25, 0.3) is 5.56 Å². The number of benzene rings is 1. The maximum absolute atomic E-state index is 13.8. The molecule has 0 saturated heterocycles. The number of hydrogen-bond acceptors (Lipinski definition) is 6. The Morgan fingerprint density at radius 2 is 1.83 bits per heavy atom. The molecule has 3 aliphatic rings. The lowest BCUT2D eigenvalue weighted by Crippen LogP contribution is -2.42. The van der Waals surface area contributed by atoms with Crippen molar-refractivity contribution in [3.63, 3.8) is 0 Å². The van der Waals surface area contributed by atoms with E-state index < -0.39 is 11.0 Å². The van der Waals surface area contributed by atoms with Crippen LogP contribution in [-0.2, 0) is 35.9 Å². The fourth-order valence-electron chi connectivity index (χ4n) is 6.74. The largest absolute Gasteiger partial charge is 0.443 e. The molecule has 3 aliphatic carbocycles. The van der Waals surface area contributed by atoms with E-state index in [-0.39, 0.29) is 23.9 Å². The second-order valence-corrected chi connectivity index (χ2v) is 11.8. The van der Waals surface area contributed by atoms with Crippen LogP contribution in [0.15, 0.2) is 46.2 Å². The molecule has 0 atom stereocenters. The van der Waals surface area contributed by atoms with Crippen LogP contribution in [0.2, 0.25) is 0 Å². The summed E-state index contributed by atoms with van der Waals surface area (Å²) >= 11 is 0. The number of aryl methyl sites for hydroxylation is 2. The van der Waals surface area contributed by atoms with Crippen molar-refractivity contribution in [2.75, 3.05) is 0 Å². The van der Waals surface area contributed by atoms with Crippen molar-refractivity contribution in [3.8, 4) is 11.4 Å². The molecule has 0 unspecified atom stereocenters. The maximum atomic E-state index is 13.8. The number of fused-ring (bicyclic) bond motifs is 4. The summed E-state index contributed by atoms with van der Waals surface area (Å²) in [5.41, 5.74) is 2.29. The number of aromatic nitrogens is 6. The SMILES string of the molecule is CCCn1c(=O)c2c(nc(-c3cnn(Cc4cccc(C)c4)c3)n2COC(=O)C23CCC(CC2)CC3)n(CC)c1=O. The van der Waals surface area contributed by atoms with Gasteiger partial charge < -0.3 is 4.74 Å². The van der Waals surface area contributed by atoms with Gasteiger partial charge in [0.2, 0.25) is 0 Å². The lowest BCUT2D eigenvalue weighted by molar-refractivity contribution is -0.166. The summed E-state index contributed by atoms with van der Waals surface area (Å²) in [5.74, 6) is 0.977. The number of hydrogen-bond donors (Lipinski definition) is 0. The van der Waals surface area contributed by atoms with E-state index in [0.29, 0.717) is 43.1 Å². The third-order valence-electron chi connectivity index (χ3n) is 9.05. The van der Waals surface area contributed by atoms with Crippen molar-refractivity contribution in [3.05, 3.63) is 68.6 Å². The van der Waals surface area contributed by atoms with Gasteiger partial charge in [0, 0.05) is 19.3 Å². The van der Waals surface area contributed by atoms with Crippen LogP contribution in [0.1, 0.15) is 69.9 Å². The highest BCUT2D eigenvalue weighted by Gasteiger charge is 2.47. The minimum Gasteiger partial charge on any atom is -0.443 e. The van der Waals surface area contributed by atoms with Gasteiger partial charge in [-0.3, -0.25) is 28.0 Å². The molecule has 0 aliphatic heterocycles. The highest BCUT2D eigenvalue weighted by Crippen LogP contribution is 2.51. The molecule has 0 radical (unpaired) electrons. The summed E-state index contributed by atoms with van der Waals surface area (Å²) in [7, 11) is 0. The number of nitrogens with zero attached hydrogens (tertiary/aromatic N) is 6. The highest BCUT2D eigenvalue weighted by atomic mass is 16.5. The van der Waals surface area contributed by atoms with E-state index in [1.165, 1.54) is 14.7 Å². The Bertz CT molecular complexity index is 1700. The van der Waals surface area contributed by atoms with Crippen molar-refractivity contribution in [1.82, 2.24) is 28.5 Å². The van der Waals surface area contributed by atoms with E-state index >= 15 is 0 Å². The smallest absolute Gasteiger partial charge is 0.332 e. The van der Waals surface area contributed by atoms with E-state index in [9.17, 15) is 14.4 Å². The van der Waals surface area contributed by atoms with Gasteiger partial charge in [-0.1, -0.05) is 36.8 Å². The average Bonchev–Trinajstić information content (AvgIpc) is 3.60. The Kier molecular flexibility index (Phi) is 7.17. The van der Waals surface area contributed by atoms with Crippen molar-refractivity contribution in [2.45, 2.75) is 92.1 Å². The van der Waals surface area contributed by atoms with Crippen LogP contribution < -0.4 is 11.2 Å². The lowest BCUT2D eigenvalue weighted by Gasteiger charge is -2.44. The van der Waals surface area contributed by atoms with E-state index in [2.05, 4.69) is 30.2 Å². The monoisotopic (exact) mass is 558 g/mol. The van der Waals surface area contributed by atoms with Crippen LogP contribution in [0.5, 0.6) is 0 Å². The fourth-order valence-corrected chi connectivity index (χ4v) is 6.74. The molecular weight excluding hydrogens is 520 g/mol. The molecule has 41 heavy (non-hydrogen) atoms. The molecule has 3 fully saturated rings. The predicted octanol–water partition coefficient (Wildman–Crippen LogP) is 4.48. The average molecular weight is 559 g/mol. The van der Waals surface area contributed by atoms with Gasteiger partial charge in [0.15, 0.2) is 17.9 Å². The molecule has 0 spiro atoms. The Morgan fingerprint density at radius 1 is 1.07 bits per heavy atom. The van der Waals surface area contributed by atoms with Crippen LogP contribution in [-0.4, -0.2) is 34.4 Å². The summed E-state index contributed by atoms with van der Waals surface area (Å²) in [4.78, 5) is 45.3. The molecular formula is C31H38N6O4. The number of carbonyl (C=O) groups is 1. The molecule has 10 heteroatoms. The quantitative estimate of drug-likeness (QED) is 0.281. The minimum absolute atomic E-state index is 0.151. The molecule has 0 amide bonds. The molecule has 1 aromatic carbocycles. The summed E-state index contributed by atoms with van der Waals surface area (Å²) in [6, 6.07) is 8.24. The van der Waals surface area contributed by atoms with Crippen molar-refractivity contribution < 1.29 is 9.53 Å². The third kappa shape index (κ3) is 4.83. The van der Waals surface area contributed by atoms with Crippen LogP contribution >= 0.6 is 0 Å². The summed E-state index contributed by atoms with van der Waals surface area (Å²) in [5, 5.41) is 4.56. The summed E-state index contributed by atoms with van der Waals surface area (Å²) in [6.07, 6.45) is 10.00. The molecule has 3 aromatic heterocycles. The van der Waals surface area contributed by atoms with Gasteiger partial charge in [-0.05, 0) is 70.3 Å². The van der Waals surface area contributed by atoms with Gasteiger partial charge >= 0.3 is 11.7 Å². The molecule has 3 saturated carbocycles. The Labute approximate surface area is 238 Å². The summed E-state index contributed by atoms with van der Waals surface area (Å²) in [6.45, 7) is 6.92. The van der Waals surface area contributed by atoms with Crippen LogP contribution in [0.25, 0.3) is 22.6 Å². The topological polar surface area (TPSA) is 106 Å². The van der Waals surface area contributed by atoms with Crippen molar-refractivity contribution in [2.24, 2.45) is 11.3 Å². The Hall–Kier alpha value is -3.95. The lowest BCUT2D eigenvalue weighted by atomic mass is 9.61. The first-order chi connectivity index (χ1) is 19.8. The van der Waals surface area contributed by atoms with E-state index in [4.69, 9.17) is 9.72 Å². The number of carbonyl (C=O) groups excluding carboxylic acids is 1. The number of ether oxygens (including phenoxy) is 1. The second kappa shape index (κ2) is 10.8. The molecule has 10 nitrogen and oxygen atoms in total. The first-order valence-electron chi connectivity index (χ1n) is 14.8. The van der Waals surface area contributed by atoms with E-state index in [1.54, 1.807) is 10.8 Å². The standard InChI is InChI=1S/C31H38N6O4/c1-4-15-36-28(38)25-27(35(5-2)30(36)40)33-26(24-17-32-34(19-24)18-23-8-6-7-21(3)16-23)37(25)20-41-29(39)31-12-9-22(10-13-31)11-14-31/h6-8,16-17,19,22H,4-5,9-15,18,20H2,1-3H3. The fraction of sp³-hybridized carbons (Fsp3) is 0.516. The molecule has 2 bridgehead atoms. The van der Waals surface area contributed by atoms with Gasteiger partial charge in [-0.25, -0.2) is 9.78 Å². The third-order valence-corrected chi connectivity index (χ3v) is 9.05. The minimum atomic E-state index is -0.433. The van der Waals surface area contributed by atoms with Crippen LogP contribution in [0.3, 0.4) is 0 Å². The Balaban J connectivity index is 1.43. The van der Waals surface area contributed by atoms with Gasteiger partial charge in [-0.2, -0.15) is 5.10 Å². The molecule has 3 heterocycles. The second-order valence-electron chi connectivity index (χ2n) is 11.8. The molecule has 4 aromatic rings. The van der Waals surface area contributed by atoms with E-state index in [0.717, 1.165) is 50.0 Å². The van der Waals surface area contributed by atoms with Crippen molar-refractivity contribution in [1.29, 1.82) is 0 Å². The first kappa shape index (κ1) is 27.2. The molecule has 216 valence electrons. The zero-order valence-corrected chi connectivity index (χ0v) is 24.1. The van der Waals surface area contributed by atoms with Crippen molar-refractivity contribution >= 4 is 17.1 Å². The zero-order valence-electron chi connectivity index (χ0n) is 24.1. The first-order valence-corrected chi connectivity index (χ1v) is 14.8. The van der Waals surface area contributed by atoms with Crippen LogP contribution in [0, 0.1) is 18.3 Å².